The normalized spacial score (nSPS) is 12.6. The number of anilines is 3. The summed E-state index contributed by atoms with van der Waals surface area (Å²) in [6.07, 6.45) is 0. The lowest BCUT2D eigenvalue weighted by Gasteiger charge is -2.26. The van der Waals surface area contributed by atoms with Crippen LogP contribution in [0.2, 0.25) is 0 Å². The second-order valence-electron chi connectivity index (χ2n) is 10.9. The number of hydrogen-bond donors (Lipinski definition) is 0. The molecule has 1 aromatic heterocycles. The van der Waals surface area contributed by atoms with E-state index in [0.717, 1.165) is 50.1 Å². The largest absolute Gasteiger partial charge is 0.310 e. The molecule has 0 saturated heterocycles. The summed E-state index contributed by atoms with van der Waals surface area (Å²) in [5.41, 5.74) is 7.81. The van der Waals surface area contributed by atoms with Gasteiger partial charge in [0.15, 0.2) is 0 Å². The number of nitrogens with zero attached hydrogens (tertiary/aromatic N) is 2. The first kappa shape index (κ1) is 23.7. The van der Waals surface area contributed by atoms with Crippen LogP contribution in [-0.4, -0.2) is 4.57 Å². The van der Waals surface area contributed by atoms with Crippen molar-refractivity contribution in [3.05, 3.63) is 181 Å². The molecule has 0 aliphatic heterocycles. The Kier molecular flexibility index (Phi) is 5.97. The Morgan fingerprint density at radius 1 is 0.432 bits per heavy atom. The summed E-state index contributed by atoms with van der Waals surface area (Å²) in [7, 11) is 0. The fraction of sp³-hybridized carbons (Fsp3) is 0. The van der Waals surface area contributed by atoms with Crippen LogP contribution in [0.5, 0.6) is 0 Å². The van der Waals surface area contributed by atoms with Crippen LogP contribution in [-0.2, 0) is 0 Å². The predicted molar refractivity (Wildman–Crippen MR) is 188 cm³/mol. The Bertz CT molecular complexity index is 2370. The highest BCUT2D eigenvalue weighted by Gasteiger charge is 2.14. The zero-order chi connectivity index (χ0) is 31.0. The lowest BCUT2D eigenvalue weighted by Crippen LogP contribution is -2.09. The molecule has 0 saturated carbocycles. The van der Waals surface area contributed by atoms with Crippen molar-refractivity contribution in [1.29, 1.82) is 0 Å². The highest BCUT2D eigenvalue weighted by Crippen LogP contribution is 2.36. The zero-order valence-corrected chi connectivity index (χ0v) is 24.1. The minimum absolute atomic E-state index is 0.190. The molecule has 0 unspecified atom stereocenters. The van der Waals surface area contributed by atoms with E-state index in [1.807, 2.05) is 66.7 Å². The van der Waals surface area contributed by atoms with Crippen LogP contribution < -0.4 is 4.90 Å². The number of hydrogen-bond acceptors (Lipinski definition) is 1. The van der Waals surface area contributed by atoms with Gasteiger partial charge in [-0.2, -0.15) is 0 Å². The highest BCUT2D eigenvalue weighted by molar-refractivity contribution is 6.10. The molecule has 2 nitrogen and oxygen atoms in total. The molecule has 44 heavy (non-hydrogen) atoms. The van der Waals surface area contributed by atoms with Crippen molar-refractivity contribution in [3.8, 4) is 5.69 Å². The van der Waals surface area contributed by atoms with Gasteiger partial charge in [-0.15, -0.1) is 0 Å². The summed E-state index contributed by atoms with van der Waals surface area (Å²) < 4.78 is 20.4. The van der Waals surface area contributed by atoms with Gasteiger partial charge in [0.05, 0.1) is 13.8 Å². The molecular weight excluding hydrogens is 532 g/mol. The molecule has 0 fully saturated rings. The van der Waals surface area contributed by atoms with Crippen LogP contribution in [0.4, 0.5) is 17.1 Å². The Hall–Kier alpha value is -5.86. The molecule has 0 amide bonds. The highest BCUT2D eigenvalue weighted by atomic mass is 15.1. The first-order valence-electron chi connectivity index (χ1n) is 15.9. The van der Waals surface area contributed by atoms with Gasteiger partial charge in [0.25, 0.3) is 0 Å². The van der Waals surface area contributed by atoms with E-state index in [9.17, 15) is 0 Å². The van der Waals surface area contributed by atoms with Crippen LogP contribution in [0.15, 0.2) is 170 Å². The standard InChI is InChI=1S/C42H30N2/c1-3-13-35(14-4-1)43(38-27-24-33-11-7-8-12-34(33)30-38)37-25-21-31(22-26-37)19-20-32-23-28-42-40(29-32)39-17-9-10-18-41(39)44(42)36-15-5-2-6-16-36/h1-30H/b20-19+/i19D,20D. The molecule has 0 spiro atoms. The van der Waals surface area contributed by atoms with E-state index in [-0.39, 0.29) is 12.1 Å². The Morgan fingerprint density at radius 2 is 1.02 bits per heavy atom. The second kappa shape index (κ2) is 11.1. The van der Waals surface area contributed by atoms with Crippen molar-refractivity contribution in [2.75, 3.05) is 4.90 Å². The Balaban J connectivity index is 1.18. The van der Waals surface area contributed by atoms with Gasteiger partial charge in [0.1, 0.15) is 0 Å². The maximum Gasteiger partial charge on any atom is 0.0629 e. The topological polar surface area (TPSA) is 8.17 Å². The van der Waals surface area contributed by atoms with Crippen LogP contribution in [0.25, 0.3) is 50.4 Å². The molecule has 0 atom stereocenters. The molecule has 0 N–H and O–H groups in total. The summed E-state index contributed by atoms with van der Waals surface area (Å²) in [5.74, 6) is 0. The van der Waals surface area contributed by atoms with Gasteiger partial charge >= 0.3 is 0 Å². The van der Waals surface area contributed by atoms with Gasteiger partial charge in [-0.05, 0) is 88.6 Å². The van der Waals surface area contributed by atoms with Crippen LogP contribution >= 0.6 is 0 Å². The third-order valence-corrected chi connectivity index (χ3v) is 8.17. The van der Waals surface area contributed by atoms with E-state index in [2.05, 4.69) is 113 Å². The van der Waals surface area contributed by atoms with Crippen LogP contribution in [0, 0.1) is 0 Å². The molecule has 0 radical (unpaired) electrons. The Morgan fingerprint density at radius 3 is 1.84 bits per heavy atom. The van der Waals surface area contributed by atoms with Crippen molar-refractivity contribution in [3.63, 3.8) is 0 Å². The lowest BCUT2D eigenvalue weighted by molar-refractivity contribution is 1.18. The van der Waals surface area contributed by atoms with E-state index in [4.69, 9.17) is 2.74 Å². The summed E-state index contributed by atoms with van der Waals surface area (Å²) >= 11 is 0. The zero-order valence-electron chi connectivity index (χ0n) is 26.1. The third-order valence-electron chi connectivity index (χ3n) is 8.17. The number of benzene rings is 7. The molecular formula is C42H30N2. The van der Waals surface area contributed by atoms with Crippen molar-refractivity contribution in [1.82, 2.24) is 4.57 Å². The third kappa shape index (κ3) is 4.73. The fourth-order valence-corrected chi connectivity index (χ4v) is 6.08. The maximum absolute atomic E-state index is 9.07. The average molecular weight is 565 g/mol. The van der Waals surface area contributed by atoms with Gasteiger partial charge in [-0.1, -0.05) is 115 Å². The molecule has 0 aliphatic rings. The quantitative estimate of drug-likeness (QED) is 0.182. The van der Waals surface area contributed by atoms with E-state index < -0.39 is 0 Å². The Labute approximate surface area is 260 Å². The average Bonchev–Trinajstić information content (AvgIpc) is 3.46. The van der Waals surface area contributed by atoms with Gasteiger partial charge in [0.2, 0.25) is 0 Å². The fourth-order valence-electron chi connectivity index (χ4n) is 6.08. The van der Waals surface area contributed by atoms with Gasteiger partial charge < -0.3 is 9.47 Å². The monoisotopic (exact) mass is 564 g/mol. The lowest BCUT2D eigenvalue weighted by atomic mass is 10.1. The summed E-state index contributed by atoms with van der Waals surface area (Å²) in [4.78, 5) is 2.22. The molecule has 0 aliphatic carbocycles. The van der Waals surface area contributed by atoms with Crippen molar-refractivity contribution >= 4 is 61.7 Å². The molecule has 1 heterocycles. The first-order valence-corrected chi connectivity index (χ1v) is 14.9. The minimum Gasteiger partial charge on any atom is -0.310 e. The maximum atomic E-state index is 9.07. The summed E-state index contributed by atoms with van der Waals surface area (Å²) in [6, 6.07) is 58.4. The number of aromatic nitrogens is 1. The molecule has 0 bridgehead atoms. The van der Waals surface area contributed by atoms with Crippen LogP contribution in [0.1, 0.15) is 13.9 Å². The van der Waals surface area contributed by atoms with Crippen molar-refractivity contribution in [2.24, 2.45) is 0 Å². The summed E-state index contributed by atoms with van der Waals surface area (Å²) in [6.45, 7) is 0. The van der Waals surface area contributed by atoms with Crippen LogP contribution in [0.3, 0.4) is 0 Å². The molecule has 2 heteroatoms. The van der Waals surface area contributed by atoms with Gasteiger partial charge in [-0.3, -0.25) is 0 Å². The smallest absolute Gasteiger partial charge is 0.0629 e. The number of rotatable bonds is 6. The van der Waals surface area contributed by atoms with E-state index in [1.165, 1.54) is 10.8 Å². The predicted octanol–water partition coefficient (Wildman–Crippen LogP) is 11.6. The number of para-hydroxylation sites is 3. The minimum atomic E-state index is 0.190. The molecule has 8 aromatic rings. The first-order chi connectivity index (χ1) is 22.7. The number of fused-ring (bicyclic) bond motifs is 4. The van der Waals surface area contributed by atoms with Crippen molar-refractivity contribution < 1.29 is 2.74 Å². The SMILES string of the molecule is [2H]/C(=C(/[2H])c1ccc2c(c1)c1ccccc1n2-c1ccccc1)c1ccc(N(c2ccccc2)c2ccc3ccccc3c2)cc1. The van der Waals surface area contributed by atoms with E-state index in [0.29, 0.717) is 5.56 Å². The summed E-state index contributed by atoms with van der Waals surface area (Å²) in [5, 5.41) is 4.57. The van der Waals surface area contributed by atoms with Crippen molar-refractivity contribution in [2.45, 2.75) is 0 Å². The molecule has 208 valence electrons. The van der Waals surface area contributed by atoms with Gasteiger partial charge in [-0.25, -0.2) is 0 Å². The van der Waals surface area contributed by atoms with Gasteiger partial charge in [0, 0.05) is 33.5 Å². The molecule has 8 rings (SSSR count). The van der Waals surface area contributed by atoms with E-state index >= 15 is 0 Å². The van der Waals surface area contributed by atoms with E-state index in [1.54, 1.807) is 0 Å². The second-order valence-corrected chi connectivity index (χ2v) is 10.9. The molecule has 7 aromatic carbocycles.